The Labute approximate surface area is 111 Å². The molecule has 0 radical (unpaired) electrons. The van der Waals surface area contributed by atoms with Crippen molar-refractivity contribution >= 4 is 17.7 Å². The van der Waals surface area contributed by atoms with Gasteiger partial charge in [0.05, 0.1) is 5.75 Å². The van der Waals surface area contributed by atoms with Crippen LogP contribution >= 0.6 is 11.8 Å². The number of hydrogen-bond donors (Lipinski definition) is 2. The molecule has 19 heavy (non-hydrogen) atoms. The van der Waals surface area contributed by atoms with Gasteiger partial charge < -0.3 is 14.6 Å². The lowest BCUT2D eigenvalue weighted by atomic mass is 10.3. The van der Waals surface area contributed by atoms with Gasteiger partial charge in [-0.1, -0.05) is 0 Å². The van der Waals surface area contributed by atoms with Gasteiger partial charge in [0.1, 0.15) is 17.7 Å². The smallest absolute Gasteiger partial charge is 0.354 e. The minimum Gasteiger partial charge on any atom is -0.502 e. The lowest BCUT2D eigenvalue weighted by molar-refractivity contribution is 0.0690. The van der Waals surface area contributed by atoms with E-state index < -0.39 is 17.1 Å². The standard InChI is InChI=1S/C12H9NO5S/c14-10-3-7(18-5-11(10)15)6-19-8-1-2-13-9(4-8)12(16)17/h1-5,15H,6H2,(H,16,17). The molecule has 7 heteroatoms. The Morgan fingerprint density at radius 3 is 2.89 bits per heavy atom. The first-order valence-corrected chi connectivity index (χ1v) is 6.17. The fraction of sp³-hybridized carbons (Fsp3) is 0.0833. The van der Waals surface area contributed by atoms with Crippen LogP contribution in [0.4, 0.5) is 0 Å². The van der Waals surface area contributed by atoms with E-state index in [2.05, 4.69) is 4.98 Å². The molecule has 2 N–H and O–H groups in total. The SMILES string of the molecule is O=C(O)c1cc(SCc2cc(=O)c(O)co2)ccn1. The summed E-state index contributed by atoms with van der Waals surface area (Å²) in [6, 6.07) is 4.29. The van der Waals surface area contributed by atoms with E-state index in [4.69, 9.17) is 14.6 Å². The number of aromatic hydroxyl groups is 1. The van der Waals surface area contributed by atoms with Gasteiger partial charge in [0.25, 0.3) is 0 Å². The first-order valence-electron chi connectivity index (χ1n) is 5.19. The fourth-order valence-electron chi connectivity index (χ4n) is 1.29. The molecule has 2 rings (SSSR count). The molecule has 2 heterocycles. The highest BCUT2D eigenvalue weighted by molar-refractivity contribution is 7.98. The Kier molecular flexibility index (Phi) is 3.86. The topological polar surface area (TPSA) is 101 Å². The van der Waals surface area contributed by atoms with Gasteiger partial charge in [-0.25, -0.2) is 9.78 Å². The number of carbonyl (C=O) groups is 1. The normalized spacial score (nSPS) is 10.3. The zero-order valence-electron chi connectivity index (χ0n) is 9.57. The van der Waals surface area contributed by atoms with Crippen LogP contribution in [0.1, 0.15) is 16.2 Å². The van der Waals surface area contributed by atoms with Crippen LogP contribution in [0.15, 0.2) is 44.8 Å². The molecule has 0 aliphatic carbocycles. The Morgan fingerprint density at radius 1 is 1.42 bits per heavy atom. The number of thioether (sulfide) groups is 1. The second-order valence-electron chi connectivity index (χ2n) is 3.57. The summed E-state index contributed by atoms with van der Waals surface area (Å²) in [5, 5.41) is 17.8. The molecule has 0 aliphatic heterocycles. The number of pyridine rings is 1. The Balaban J connectivity index is 2.10. The van der Waals surface area contributed by atoms with Gasteiger partial charge in [0, 0.05) is 17.2 Å². The van der Waals surface area contributed by atoms with Crippen LogP contribution in [0.2, 0.25) is 0 Å². The van der Waals surface area contributed by atoms with Crippen molar-refractivity contribution in [1.29, 1.82) is 0 Å². The van der Waals surface area contributed by atoms with Crippen LogP contribution < -0.4 is 5.43 Å². The predicted molar refractivity (Wildman–Crippen MR) is 67.4 cm³/mol. The molecule has 0 aliphatic rings. The molecule has 2 aromatic rings. The average molecular weight is 279 g/mol. The molecule has 98 valence electrons. The summed E-state index contributed by atoms with van der Waals surface area (Å²) in [7, 11) is 0. The van der Waals surface area contributed by atoms with Gasteiger partial charge in [-0.05, 0) is 12.1 Å². The summed E-state index contributed by atoms with van der Waals surface area (Å²) >= 11 is 1.30. The quantitative estimate of drug-likeness (QED) is 0.822. The Hall–Kier alpha value is -2.28. The van der Waals surface area contributed by atoms with Crippen molar-refractivity contribution in [2.75, 3.05) is 0 Å². The second-order valence-corrected chi connectivity index (χ2v) is 4.62. The van der Waals surface area contributed by atoms with Crippen LogP contribution in [0.5, 0.6) is 5.75 Å². The lowest BCUT2D eigenvalue weighted by Crippen LogP contribution is -2.00. The van der Waals surface area contributed by atoms with E-state index in [1.54, 1.807) is 6.07 Å². The maximum Gasteiger partial charge on any atom is 0.354 e. The van der Waals surface area contributed by atoms with E-state index in [-0.39, 0.29) is 5.69 Å². The van der Waals surface area contributed by atoms with Crippen molar-refractivity contribution in [3.8, 4) is 5.75 Å². The van der Waals surface area contributed by atoms with Gasteiger partial charge in [-0.3, -0.25) is 4.79 Å². The first kappa shape index (κ1) is 13.2. The van der Waals surface area contributed by atoms with Gasteiger partial charge in [-0.15, -0.1) is 11.8 Å². The summed E-state index contributed by atoms with van der Waals surface area (Å²) < 4.78 is 5.04. The van der Waals surface area contributed by atoms with Crippen LogP contribution in [-0.2, 0) is 5.75 Å². The highest BCUT2D eigenvalue weighted by Crippen LogP contribution is 2.22. The summed E-state index contributed by atoms with van der Waals surface area (Å²) in [6.07, 6.45) is 2.38. The summed E-state index contributed by atoms with van der Waals surface area (Å²) in [4.78, 5) is 26.3. The zero-order chi connectivity index (χ0) is 13.8. The molecule has 0 bridgehead atoms. The maximum absolute atomic E-state index is 11.2. The summed E-state index contributed by atoms with van der Waals surface area (Å²) in [6.45, 7) is 0. The highest BCUT2D eigenvalue weighted by atomic mass is 32.2. The average Bonchev–Trinajstić information content (AvgIpc) is 2.40. The Bertz CT molecular complexity index is 667. The maximum atomic E-state index is 11.2. The second kappa shape index (κ2) is 5.57. The molecule has 0 spiro atoms. The minimum atomic E-state index is -1.10. The van der Waals surface area contributed by atoms with Crippen LogP contribution in [0.25, 0.3) is 0 Å². The van der Waals surface area contributed by atoms with Gasteiger partial charge in [0.2, 0.25) is 5.43 Å². The van der Waals surface area contributed by atoms with Crippen molar-refractivity contribution in [1.82, 2.24) is 4.98 Å². The van der Waals surface area contributed by atoms with E-state index in [9.17, 15) is 9.59 Å². The molecule has 0 fully saturated rings. The van der Waals surface area contributed by atoms with Crippen LogP contribution in [0, 0.1) is 0 Å². The molecule has 0 amide bonds. The van der Waals surface area contributed by atoms with Crippen LogP contribution in [0.3, 0.4) is 0 Å². The molecular weight excluding hydrogens is 270 g/mol. The third-order valence-electron chi connectivity index (χ3n) is 2.20. The van der Waals surface area contributed by atoms with Crippen molar-refractivity contribution in [3.63, 3.8) is 0 Å². The lowest BCUT2D eigenvalue weighted by Gasteiger charge is -2.02. The number of nitrogens with zero attached hydrogens (tertiary/aromatic N) is 1. The number of aromatic nitrogens is 1. The van der Waals surface area contributed by atoms with E-state index in [1.807, 2.05) is 0 Å². The predicted octanol–water partition coefficient (Wildman–Crippen LogP) is 1.73. The first-order chi connectivity index (χ1) is 9.06. The molecule has 0 saturated heterocycles. The molecule has 0 aromatic carbocycles. The number of carboxylic acids is 1. The zero-order valence-corrected chi connectivity index (χ0v) is 10.4. The number of rotatable bonds is 4. The monoisotopic (exact) mass is 279 g/mol. The van der Waals surface area contributed by atoms with Crippen molar-refractivity contribution in [2.45, 2.75) is 10.6 Å². The third-order valence-corrected chi connectivity index (χ3v) is 3.21. The molecule has 0 unspecified atom stereocenters. The largest absolute Gasteiger partial charge is 0.502 e. The molecule has 0 atom stereocenters. The van der Waals surface area contributed by atoms with Crippen molar-refractivity contribution < 1.29 is 19.4 Å². The van der Waals surface area contributed by atoms with Gasteiger partial charge >= 0.3 is 5.97 Å². The molecule has 2 aromatic heterocycles. The summed E-state index contributed by atoms with van der Waals surface area (Å²) in [5.74, 6) is -0.801. The number of hydrogen-bond acceptors (Lipinski definition) is 6. The van der Waals surface area contributed by atoms with E-state index >= 15 is 0 Å². The molecule has 0 saturated carbocycles. The van der Waals surface area contributed by atoms with E-state index in [0.29, 0.717) is 16.4 Å². The van der Waals surface area contributed by atoms with Gasteiger partial charge in [-0.2, -0.15) is 0 Å². The van der Waals surface area contributed by atoms with Crippen molar-refractivity contribution in [2.24, 2.45) is 0 Å². The molecule has 6 nitrogen and oxygen atoms in total. The minimum absolute atomic E-state index is 0.0443. The highest BCUT2D eigenvalue weighted by Gasteiger charge is 2.07. The van der Waals surface area contributed by atoms with Crippen LogP contribution in [-0.4, -0.2) is 21.2 Å². The number of carboxylic acid groups (broad SMARTS) is 1. The van der Waals surface area contributed by atoms with Gasteiger partial charge in [0.15, 0.2) is 5.75 Å². The molecular formula is C12H9NO5S. The van der Waals surface area contributed by atoms with E-state index in [1.165, 1.54) is 30.1 Å². The van der Waals surface area contributed by atoms with E-state index in [0.717, 1.165) is 6.26 Å². The third kappa shape index (κ3) is 3.35. The summed E-state index contributed by atoms with van der Waals surface area (Å²) in [5.41, 5.74) is -0.556. The number of aromatic carboxylic acids is 1. The fourth-order valence-corrected chi connectivity index (χ4v) is 2.10. The van der Waals surface area contributed by atoms with Crippen molar-refractivity contribution in [3.05, 3.63) is 52.3 Å². The Morgan fingerprint density at radius 2 is 2.21 bits per heavy atom.